The van der Waals surface area contributed by atoms with E-state index in [-0.39, 0.29) is 30.4 Å². The molecule has 2 aliphatic rings. The van der Waals surface area contributed by atoms with Crippen LogP contribution in [0.15, 0.2) is 30.3 Å². The number of likely N-dealkylation sites (tertiary alicyclic amines) is 1. The molecule has 1 saturated carbocycles. The summed E-state index contributed by atoms with van der Waals surface area (Å²) in [4.78, 5) is 15.1. The van der Waals surface area contributed by atoms with E-state index in [4.69, 9.17) is 5.73 Å². The molecule has 1 aromatic carbocycles. The van der Waals surface area contributed by atoms with Gasteiger partial charge in [-0.3, -0.25) is 4.79 Å². The molecule has 3 rings (SSSR count). The highest BCUT2D eigenvalue weighted by Gasteiger charge is 2.35. The predicted octanol–water partition coefficient (Wildman–Crippen LogP) is 4.11. The van der Waals surface area contributed by atoms with E-state index in [2.05, 4.69) is 35.2 Å². The Hall–Kier alpha value is -1.06. The maximum Gasteiger partial charge on any atom is 0.225 e. The molecule has 2 unspecified atom stereocenters. The number of piperidine rings is 1. The van der Waals surface area contributed by atoms with Crippen LogP contribution >= 0.6 is 12.4 Å². The van der Waals surface area contributed by atoms with Crippen LogP contribution in [0.3, 0.4) is 0 Å². The minimum atomic E-state index is 0. The number of hydrogen-bond acceptors (Lipinski definition) is 2. The van der Waals surface area contributed by atoms with Gasteiger partial charge in [0.25, 0.3) is 0 Å². The summed E-state index contributed by atoms with van der Waals surface area (Å²) in [5.41, 5.74) is 7.56. The van der Waals surface area contributed by atoms with Gasteiger partial charge in [-0.05, 0) is 63.4 Å². The number of halogens is 1. The van der Waals surface area contributed by atoms with Crippen LogP contribution in [0.5, 0.6) is 0 Å². The molecule has 1 aliphatic heterocycles. The number of hydrogen-bond donors (Lipinski definition) is 1. The third-order valence-electron chi connectivity index (χ3n) is 5.79. The van der Waals surface area contributed by atoms with Gasteiger partial charge in [0.1, 0.15) is 0 Å². The SMILES string of the molecule is CC(N)C1CCCCN1C(=O)C1CCC(c2ccccc2)CC1.Cl. The second-order valence-corrected chi connectivity index (χ2v) is 7.41. The molecule has 134 valence electrons. The molecular weight excluding hydrogens is 320 g/mol. The number of carbonyl (C=O) groups excluding carboxylic acids is 1. The fraction of sp³-hybridized carbons (Fsp3) is 0.650. The molecule has 1 aliphatic carbocycles. The standard InChI is InChI=1S/C20H30N2O.ClH/c1-15(21)19-9-5-6-14-22(19)20(23)18-12-10-17(11-13-18)16-7-3-2-4-8-16;/h2-4,7-8,15,17-19H,5-6,9-14,21H2,1H3;1H. The van der Waals surface area contributed by atoms with E-state index in [0.29, 0.717) is 11.8 Å². The summed E-state index contributed by atoms with van der Waals surface area (Å²) >= 11 is 0. The van der Waals surface area contributed by atoms with Crippen LogP contribution in [-0.4, -0.2) is 29.4 Å². The molecule has 0 spiro atoms. The van der Waals surface area contributed by atoms with E-state index in [1.54, 1.807) is 0 Å². The zero-order chi connectivity index (χ0) is 16.2. The number of nitrogens with two attached hydrogens (primary N) is 1. The molecule has 24 heavy (non-hydrogen) atoms. The lowest BCUT2D eigenvalue weighted by Crippen LogP contribution is -2.53. The van der Waals surface area contributed by atoms with Gasteiger partial charge in [0.15, 0.2) is 0 Å². The van der Waals surface area contributed by atoms with Crippen LogP contribution in [0.25, 0.3) is 0 Å². The molecule has 2 fully saturated rings. The number of rotatable bonds is 3. The number of benzene rings is 1. The fourth-order valence-electron chi connectivity index (χ4n) is 4.41. The Balaban J connectivity index is 0.00000208. The molecule has 2 N–H and O–H groups in total. The maximum atomic E-state index is 13.0. The first-order valence-electron chi connectivity index (χ1n) is 9.28. The van der Waals surface area contributed by atoms with Crippen LogP contribution in [-0.2, 0) is 4.79 Å². The van der Waals surface area contributed by atoms with Crippen molar-refractivity contribution in [3.8, 4) is 0 Å². The van der Waals surface area contributed by atoms with Crippen molar-refractivity contribution in [2.24, 2.45) is 11.7 Å². The van der Waals surface area contributed by atoms with Crippen LogP contribution in [0.4, 0.5) is 0 Å². The fourth-order valence-corrected chi connectivity index (χ4v) is 4.41. The molecule has 0 aromatic heterocycles. The van der Waals surface area contributed by atoms with Crippen LogP contribution < -0.4 is 5.73 Å². The first kappa shape index (κ1) is 19.3. The Kier molecular flexibility index (Phi) is 7.12. The van der Waals surface area contributed by atoms with Gasteiger partial charge in [-0.25, -0.2) is 0 Å². The lowest BCUT2D eigenvalue weighted by atomic mass is 9.78. The van der Waals surface area contributed by atoms with Crippen LogP contribution in [0.2, 0.25) is 0 Å². The van der Waals surface area contributed by atoms with Crippen molar-refractivity contribution in [1.82, 2.24) is 4.90 Å². The van der Waals surface area contributed by atoms with Crippen LogP contribution in [0.1, 0.15) is 63.4 Å². The predicted molar refractivity (Wildman–Crippen MR) is 101 cm³/mol. The summed E-state index contributed by atoms with van der Waals surface area (Å²) in [7, 11) is 0. The van der Waals surface area contributed by atoms with Crippen molar-refractivity contribution in [2.45, 2.75) is 69.9 Å². The number of carbonyl (C=O) groups is 1. The largest absolute Gasteiger partial charge is 0.338 e. The van der Waals surface area contributed by atoms with Gasteiger partial charge in [-0.15, -0.1) is 12.4 Å². The molecule has 1 heterocycles. The molecule has 1 saturated heterocycles. The molecule has 0 bridgehead atoms. The van der Waals surface area contributed by atoms with Crippen LogP contribution in [0, 0.1) is 5.92 Å². The summed E-state index contributed by atoms with van der Waals surface area (Å²) in [6, 6.07) is 11.1. The highest BCUT2D eigenvalue weighted by atomic mass is 35.5. The van der Waals surface area contributed by atoms with Crippen molar-refractivity contribution in [3.05, 3.63) is 35.9 Å². The number of amides is 1. The molecule has 0 radical (unpaired) electrons. The highest BCUT2D eigenvalue weighted by molar-refractivity contribution is 5.85. The molecular formula is C20H31ClN2O. The first-order chi connectivity index (χ1) is 11.2. The third kappa shape index (κ3) is 4.31. The van der Waals surface area contributed by atoms with E-state index >= 15 is 0 Å². The second kappa shape index (κ2) is 8.87. The van der Waals surface area contributed by atoms with Gasteiger partial charge >= 0.3 is 0 Å². The topological polar surface area (TPSA) is 46.3 Å². The van der Waals surface area contributed by atoms with Crippen molar-refractivity contribution in [1.29, 1.82) is 0 Å². The second-order valence-electron chi connectivity index (χ2n) is 7.41. The van der Waals surface area contributed by atoms with Crippen molar-refractivity contribution >= 4 is 18.3 Å². The van der Waals surface area contributed by atoms with Crippen molar-refractivity contribution in [2.75, 3.05) is 6.54 Å². The van der Waals surface area contributed by atoms with Gasteiger partial charge < -0.3 is 10.6 Å². The van der Waals surface area contributed by atoms with E-state index in [1.165, 1.54) is 12.0 Å². The van der Waals surface area contributed by atoms with E-state index in [0.717, 1.165) is 45.1 Å². The van der Waals surface area contributed by atoms with Gasteiger partial charge in [-0.1, -0.05) is 30.3 Å². The Morgan fingerprint density at radius 3 is 2.38 bits per heavy atom. The highest BCUT2D eigenvalue weighted by Crippen LogP contribution is 2.37. The molecule has 1 amide bonds. The van der Waals surface area contributed by atoms with Gasteiger partial charge in [0.05, 0.1) is 0 Å². The summed E-state index contributed by atoms with van der Waals surface area (Å²) in [5.74, 6) is 1.22. The normalized spacial score (nSPS) is 28.8. The maximum absolute atomic E-state index is 13.0. The van der Waals surface area contributed by atoms with E-state index in [1.807, 2.05) is 6.92 Å². The molecule has 2 atom stereocenters. The quantitative estimate of drug-likeness (QED) is 0.891. The lowest BCUT2D eigenvalue weighted by molar-refractivity contribution is -0.140. The van der Waals surface area contributed by atoms with E-state index in [9.17, 15) is 4.79 Å². The Morgan fingerprint density at radius 1 is 1.08 bits per heavy atom. The zero-order valence-corrected chi connectivity index (χ0v) is 15.5. The van der Waals surface area contributed by atoms with Gasteiger partial charge in [0, 0.05) is 24.5 Å². The Labute approximate surface area is 152 Å². The smallest absolute Gasteiger partial charge is 0.225 e. The van der Waals surface area contributed by atoms with E-state index < -0.39 is 0 Å². The molecule has 3 nitrogen and oxygen atoms in total. The Bertz CT molecular complexity index is 512. The summed E-state index contributed by atoms with van der Waals surface area (Å²) in [5, 5.41) is 0. The average Bonchev–Trinajstić information content (AvgIpc) is 2.62. The monoisotopic (exact) mass is 350 g/mol. The van der Waals surface area contributed by atoms with Crippen molar-refractivity contribution in [3.63, 3.8) is 0 Å². The first-order valence-corrected chi connectivity index (χ1v) is 9.28. The minimum Gasteiger partial charge on any atom is -0.338 e. The molecule has 1 aromatic rings. The third-order valence-corrected chi connectivity index (χ3v) is 5.79. The van der Waals surface area contributed by atoms with Gasteiger partial charge in [-0.2, -0.15) is 0 Å². The molecule has 4 heteroatoms. The summed E-state index contributed by atoms with van der Waals surface area (Å²) in [6.07, 6.45) is 7.74. The van der Waals surface area contributed by atoms with Gasteiger partial charge in [0.2, 0.25) is 5.91 Å². The zero-order valence-electron chi connectivity index (χ0n) is 14.7. The van der Waals surface area contributed by atoms with Crippen molar-refractivity contribution < 1.29 is 4.79 Å². The summed E-state index contributed by atoms with van der Waals surface area (Å²) in [6.45, 7) is 2.95. The summed E-state index contributed by atoms with van der Waals surface area (Å²) < 4.78 is 0. The number of nitrogens with zero attached hydrogens (tertiary/aromatic N) is 1. The average molecular weight is 351 g/mol. The minimum absolute atomic E-state index is 0. The Morgan fingerprint density at radius 2 is 1.75 bits per heavy atom. The lowest BCUT2D eigenvalue weighted by Gasteiger charge is -2.41.